The van der Waals surface area contributed by atoms with Gasteiger partial charge in [0.1, 0.15) is 6.54 Å². The number of nitrogens with zero attached hydrogens (tertiary/aromatic N) is 6. The molecule has 0 bridgehead atoms. The average molecular weight is 320 g/mol. The highest BCUT2D eigenvalue weighted by molar-refractivity contribution is 5.77. The van der Waals surface area contributed by atoms with Crippen LogP contribution in [0.15, 0.2) is 6.20 Å². The molecule has 8 nitrogen and oxygen atoms in total. The Balaban J connectivity index is 1.52. The van der Waals surface area contributed by atoms with Crippen LogP contribution in [-0.2, 0) is 16.1 Å². The van der Waals surface area contributed by atoms with Gasteiger partial charge in [-0.15, -0.1) is 5.10 Å². The minimum Gasteiger partial charge on any atom is -0.339 e. The van der Waals surface area contributed by atoms with Crippen LogP contribution in [0.1, 0.15) is 25.0 Å². The molecule has 0 saturated carbocycles. The first kappa shape index (κ1) is 15.9. The van der Waals surface area contributed by atoms with Crippen molar-refractivity contribution in [1.82, 2.24) is 29.7 Å². The van der Waals surface area contributed by atoms with Crippen molar-refractivity contribution in [3.63, 3.8) is 0 Å². The lowest BCUT2D eigenvalue weighted by Crippen LogP contribution is -2.50. The number of likely N-dealkylation sites (tertiary alicyclic amines) is 1. The molecule has 0 aromatic carbocycles. The number of hydrogen-bond donors (Lipinski definition) is 0. The van der Waals surface area contributed by atoms with E-state index in [4.69, 9.17) is 0 Å². The zero-order valence-electron chi connectivity index (χ0n) is 13.8. The Hall–Kier alpha value is -1.96. The van der Waals surface area contributed by atoms with Crippen molar-refractivity contribution >= 4 is 11.8 Å². The second-order valence-electron chi connectivity index (χ2n) is 6.48. The van der Waals surface area contributed by atoms with Crippen molar-refractivity contribution in [2.24, 2.45) is 0 Å². The van der Waals surface area contributed by atoms with Crippen molar-refractivity contribution in [1.29, 1.82) is 0 Å². The Labute approximate surface area is 136 Å². The molecular weight excluding hydrogens is 296 g/mol. The fourth-order valence-electron chi connectivity index (χ4n) is 3.26. The van der Waals surface area contributed by atoms with E-state index >= 15 is 0 Å². The van der Waals surface area contributed by atoms with Gasteiger partial charge in [-0.2, -0.15) is 0 Å². The predicted molar refractivity (Wildman–Crippen MR) is 83.7 cm³/mol. The molecule has 0 radical (unpaired) electrons. The molecule has 0 spiro atoms. The van der Waals surface area contributed by atoms with Gasteiger partial charge in [0, 0.05) is 51.8 Å². The van der Waals surface area contributed by atoms with Gasteiger partial charge in [-0.1, -0.05) is 5.21 Å². The van der Waals surface area contributed by atoms with Crippen molar-refractivity contribution in [2.75, 3.05) is 46.3 Å². The molecule has 3 rings (SSSR count). The van der Waals surface area contributed by atoms with E-state index < -0.39 is 0 Å². The van der Waals surface area contributed by atoms with E-state index in [2.05, 4.69) is 22.3 Å². The minimum atomic E-state index is 0.0354. The van der Waals surface area contributed by atoms with Crippen molar-refractivity contribution in [3.05, 3.63) is 11.9 Å². The summed E-state index contributed by atoms with van der Waals surface area (Å²) >= 11 is 0. The van der Waals surface area contributed by atoms with E-state index in [0.717, 1.165) is 25.2 Å². The standard InChI is InChI=1S/C15H24N6O2/c1-12(22)19-5-7-20(8-6-19)15(23)11-21-10-14(16-17-21)13-3-4-18(2)9-13/h10,13H,3-9,11H2,1-2H3. The fraction of sp³-hybridized carbons (Fsp3) is 0.733. The summed E-state index contributed by atoms with van der Waals surface area (Å²) in [6.45, 7) is 6.26. The van der Waals surface area contributed by atoms with Gasteiger partial charge >= 0.3 is 0 Å². The zero-order valence-corrected chi connectivity index (χ0v) is 13.8. The van der Waals surface area contributed by atoms with E-state index in [1.165, 1.54) is 0 Å². The summed E-state index contributed by atoms with van der Waals surface area (Å²) in [6, 6.07) is 0. The number of aromatic nitrogens is 3. The van der Waals surface area contributed by atoms with E-state index in [-0.39, 0.29) is 18.4 Å². The molecule has 3 heterocycles. The lowest BCUT2D eigenvalue weighted by molar-refractivity contribution is -0.138. The second kappa shape index (κ2) is 6.66. The highest BCUT2D eigenvalue weighted by Gasteiger charge is 2.25. The van der Waals surface area contributed by atoms with Crippen LogP contribution in [0.2, 0.25) is 0 Å². The van der Waals surface area contributed by atoms with Crippen LogP contribution in [0, 0.1) is 0 Å². The zero-order chi connectivity index (χ0) is 16.4. The largest absolute Gasteiger partial charge is 0.339 e. The first-order valence-corrected chi connectivity index (χ1v) is 8.15. The summed E-state index contributed by atoms with van der Waals surface area (Å²) in [5.41, 5.74) is 0.976. The Bertz CT molecular complexity index is 578. The van der Waals surface area contributed by atoms with Gasteiger partial charge in [-0.3, -0.25) is 9.59 Å². The number of amides is 2. The molecule has 1 aromatic rings. The van der Waals surface area contributed by atoms with Crippen molar-refractivity contribution in [2.45, 2.75) is 25.8 Å². The summed E-state index contributed by atoms with van der Waals surface area (Å²) < 4.78 is 1.63. The van der Waals surface area contributed by atoms with E-state index in [9.17, 15) is 9.59 Å². The maximum atomic E-state index is 12.4. The summed E-state index contributed by atoms with van der Waals surface area (Å²) in [4.78, 5) is 29.5. The van der Waals surface area contributed by atoms with Crippen molar-refractivity contribution in [3.8, 4) is 0 Å². The fourth-order valence-corrected chi connectivity index (χ4v) is 3.26. The number of hydrogen-bond acceptors (Lipinski definition) is 5. The molecule has 2 aliphatic rings. The average Bonchev–Trinajstić information content (AvgIpc) is 3.16. The number of carbonyl (C=O) groups excluding carboxylic acids is 2. The van der Waals surface area contributed by atoms with E-state index in [1.54, 1.807) is 21.4 Å². The third-order valence-corrected chi connectivity index (χ3v) is 4.74. The normalized spacial score (nSPS) is 22.6. The quantitative estimate of drug-likeness (QED) is 0.743. The summed E-state index contributed by atoms with van der Waals surface area (Å²) in [7, 11) is 2.11. The summed E-state index contributed by atoms with van der Waals surface area (Å²) in [6.07, 6.45) is 2.99. The van der Waals surface area contributed by atoms with Crippen LogP contribution >= 0.6 is 0 Å². The van der Waals surface area contributed by atoms with Gasteiger partial charge < -0.3 is 14.7 Å². The smallest absolute Gasteiger partial charge is 0.244 e. The SMILES string of the molecule is CC(=O)N1CCN(C(=O)Cn2cc(C3CCN(C)C3)nn2)CC1. The second-order valence-corrected chi connectivity index (χ2v) is 6.48. The molecule has 1 unspecified atom stereocenters. The third-order valence-electron chi connectivity index (χ3n) is 4.74. The summed E-state index contributed by atoms with van der Waals surface area (Å²) in [5.74, 6) is 0.524. The molecule has 0 N–H and O–H groups in total. The molecular formula is C15H24N6O2. The topological polar surface area (TPSA) is 74.6 Å². The first-order chi connectivity index (χ1) is 11.0. The van der Waals surface area contributed by atoms with Crippen LogP contribution in [0.4, 0.5) is 0 Å². The first-order valence-electron chi connectivity index (χ1n) is 8.15. The van der Waals surface area contributed by atoms with Gasteiger partial charge in [0.15, 0.2) is 0 Å². The minimum absolute atomic E-state index is 0.0354. The monoisotopic (exact) mass is 320 g/mol. The Morgan fingerprint density at radius 3 is 2.48 bits per heavy atom. The molecule has 0 aliphatic carbocycles. The Morgan fingerprint density at radius 1 is 1.17 bits per heavy atom. The molecule has 23 heavy (non-hydrogen) atoms. The van der Waals surface area contributed by atoms with E-state index in [1.807, 2.05) is 6.20 Å². The molecule has 126 valence electrons. The van der Waals surface area contributed by atoms with E-state index in [0.29, 0.717) is 32.1 Å². The Kier molecular flexibility index (Phi) is 4.61. The highest BCUT2D eigenvalue weighted by Crippen LogP contribution is 2.23. The lowest BCUT2D eigenvalue weighted by Gasteiger charge is -2.34. The van der Waals surface area contributed by atoms with Crippen LogP contribution in [-0.4, -0.2) is 87.8 Å². The van der Waals surface area contributed by atoms with Crippen LogP contribution in [0.25, 0.3) is 0 Å². The van der Waals surface area contributed by atoms with Crippen LogP contribution < -0.4 is 0 Å². The number of piperazine rings is 1. The maximum Gasteiger partial charge on any atom is 0.244 e. The van der Waals surface area contributed by atoms with Crippen molar-refractivity contribution < 1.29 is 9.59 Å². The van der Waals surface area contributed by atoms with Gasteiger partial charge in [0.05, 0.1) is 5.69 Å². The van der Waals surface area contributed by atoms with Gasteiger partial charge in [-0.25, -0.2) is 4.68 Å². The number of likely N-dealkylation sites (N-methyl/N-ethyl adjacent to an activating group) is 1. The molecule has 2 amide bonds. The maximum absolute atomic E-state index is 12.4. The molecule has 2 saturated heterocycles. The van der Waals surface area contributed by atoms with Gasteiger partial charge in [0.2, 0.25) is 11.8 Å². The lowest BCUT2D eigenvalue weighted by atomic mass is 10.1. The predicted octanol–water partition coefficient (Wildman–Crippen LogP) is -0.612. The molecule has 8 heteroatoms. The molecule has 2 fully saturated rings. The molecule has 1 aromatic heterocycles. The Morgan fingerprint density at radius 2 is 1.87 bits per heavy atom. The number of rotatable bonds is 3. The third kappa shape index (κ3) is 3.69. The molecule has 2 aliphatic heterocycles. The van der Waals surface area contributed by atoms with Crippen LogP contribution in [0.5, 0.6) is 0 Å². The van der Waals surface area contributed by atoms with Gasteiger partial charge in [0.25, 0.3) is 0 Å². The number of carbonyl (C=O) groups is 2. The highest BCUT2D eigenvalue weighted by atomic mass is 16.2. The molecule has 1 atom stereocenters. The van der Waals surface area contributed by atoms with Crippen LogP contribution in [0.3, 0.4) is 0 Å². The van der Waals surface area contributed by atoms with Gasteiger partial charge in [-0.05, 0) is 20.0 Å². The summed E-state index contributed by atoms with van der Waals surface area (Å²) in [5, 5.41) is 8.33.